The van der Waals surface area contributed by atoms with Crippen LogP contribution in [0, 0.1) is 11.6 Å². The quantitative estimate of drug-likeness (QED) is 0.697. The van der Waals surface area contributed by atoms with Crippen LogP contribution in [0.25, 0.3) is 22.6 Å². The average Bonchev–Trinajstić information content (AvgIpc) is 2.80. The zero-order valence-corrected chi connectivity index (χ0v) is 10.3. The SMILES string of the molecule is Fc1ccc(-c2cnc3c(nnn3CC(F)F)n2)c(F)c1. The van der Waals surface area contributed by atoms with Crippen LogP contribution in [-0.4, -0.2) is 31.4 Å². The molecule has 0 bridgehead atoms. The first kappa shape index (κ1) is 13.4. The maximum absolute atomic E-state index is 13.7. The maximum Gasteiger partial charge on any atom is 0.258 e. The lowest BCUT2D eigenvalue weighted by Crippen LogP contribution is -2.08. The third kappa shape index (κ3) is 2.54. The van der Waals surface area contributed by atoms with E-state index in [1.807, 2.05) is 0 Å². The fraction of sp³-hybridized carbons (Fsp3) is 0.167. The first-order valence-corrected chi connectivity index (χ1v) is 5.84. The molecule has 0 N–H and O–H groups in total. The van der Waals surface area contributed by atoms with Crippen molar-refractivity contribution in [2.24, 2.45) is 0 Å². The number of fused-ring (bicyclic) bond motifs is 1. The van der Waals surface area contributed by atoms with Gasteiger partial charge in [-0.1, -0.05) is 5.21 Å². The molecule has 0 radical (unpaired) electrons. The first-order valence-electron chi connectivity index (χ1n) is 5.84. The Morgan fingerprint density at radius 1 is 1.19 bits per heavy atom. The lowest BCUT2D eigenvalue weighted by atomic mass is 10.1. The van der Waals surface area contributed by atoms with E-state index < -0.39 is 24.6 Å². The third-order valence-electron chi connectivity index (χ3n) is 2.75. The molecule has 1 aromatic carbocycles. The zero-order chi connectivity index (χ0) is 15.0. The topological polar surface area (TPSA) is 56.5 Å². The minimum Gasteiger partial charge on any atom is -0.232 e. The summed E-state index contributed by atoms with van der Waals surface area (Å²) < 4.78 is 52.1. The lowest BCUT2D eigenvalue weighted by molar-refractivity contribution is 0.122. The van der Waals surface area contributed by atoms with Crippen molar-refractivity contribution < 1.29 is 17.6 Å². The molecule has 108 valence electrons. The summed E-state index contributed by atoms with van der Waals surface area (Å²) >= 11 is 0. The van der Waals surface area contributed by atoms with Crippen molar-refractivity contribution in [3.05, 3.63) is 36.0 Å². The van der Waals surface area contributed by atoms with E-state index in [-0.39, 0.29) is 22.6 Å². The first-order chi connectivity index (χ1) is 10.0. The summed E-state index contributed by atoms with van der Waals surface area (Å²) in [4.78, 5) is 7.92. The molecular formula is C12H7F4N5. The summed E-state index contributed by atoms with van der Waals surface area (Å²) in [5.41, 5.74) is 0.233. The van der Waals surface area contributed by atoms with Gasteiger partial charge in [-0.05, 0) is 12.1 Å². The molecule has 3 aromatic rings. The Bertz CT molecular complexity index is 801. The average molecular weight is 297 g/mol. The molecule has 0 saturated carbocycles. The molecule has 0 spiro atoms. The molecule has 5 nitrogen and oxygen atoms in total. The van der Waals surface area contributed by atoms with Gasteiger partial charge in [0, 0.05) is 11.6 Å². The van der Waals surface area contributed by atoms with Crippen molar-refractivity contribution in [3.63, 3.8) is 0 Å². The van der Waals surface area contributed by atoms with Gasteiger partial charge in [0.25, 0.3) is 6.43 Å². The van der Waals surface area contributed by atoms with Crippen LogP contribution in [0.1, 0.15) is 0 Å². The maximum atomic E-state index is 13.7. The molecule has 0 fully saturated rings. The summed E-state index contributed by atoms with van der Waals surface area (Å²) in [6, 6.07) is 3.01. The van der Waals surface area contributed by atoms with Crippen LogP contribution >= 0.6 is 0 Å². The number of halogens is 4. The van der Waals surface area contributed by atoms with Gasteiger partial charge < -0.3 is 0 Å². The van der Waals surface area contributed by atoms with Gasteiger partial charge in [0.15, 0.2) is 5.65 Å². The van der Waals surface area contributed by atoms with Gasteiger partial charge in [0.2, 0.25) is 5.65 Å². The number of hydrogen-bond acceptors (Lipinski definition) is 4. The highest BCUT2D eigenvalue weighted by atomic mass is 19.3. The van der Waals surface area contributed by atoms with E-state index in [0.717, 1.165) is 16.8 Å². The molecule has 3 rings (SSSR count). The van der Waals surface area contributed by atoms with E-state index in [1.54, 1.807) is 0 Å². The van der Waals surface area contributed by atoms with Crippen LogP contribution in [0.4, 0.5) is 17.6 Å². The Morgan fingerprint density at radius 2 is 2.00 bits per heavy atom. The van der Waals surface area contributed by atoms with Crippen molar-refractivity contribution >= 4 is 11.3 Å². The lowest BCUT2D eigenvalue weighted by Gasteiger charge is -2.03. The monoisotopic (exact) mass is 297 g/mol. The van der Waals surface area contributed by atoms with Gasteiger partial charge in [-0.25, -0.2) is 32.2 Å². The minimum absolute atomic E-state index is 0.0110. The Labute approximate surface area is 115 Å². The van der Waals surface area contributed by atoms with Gasteiger partial charge >= 0.3 is 0 Å². The number of rotatable bonds is 3. The standard InChI is InChI=1S/C12H7F4N5/c13-6-1-2-7(8(14)3-6)9-4-17-12-11(18-9)19-20-21(12)5-10(15)16/h1-4,10H,5H2. The molecule has 9 heteroatoms. The number of benzene rings is 1. The molecule has 0 atom stereocenters. The molecule has 0 unspecified atom stereocenters. The van der Waals surface area contributed by atoms with Gasteiger partial charge in [0.05, 0.1) is 11.9 Å². The summed E-state index contributed by atoms with van der Waals surface area (Å²) in [7, 11) is 0. The fourth-order valence-corrected chi connectivity index (χ4v) is 1.84. The van der Waals surface area contributed by atoms with Gasteiger partial charge in [-0.3, -0.25) is 0 Å². The van der Waals surface area contributed by atoms with E-state index in [0.29, 0.717) is 0 Å². The zero-order valence-electron chi connectivity index (χ0n) is 10.3. The predicted octanol–water partition coefficient (Wildman–Crippen LogP) is 2.43. The third-order valence-corrected chi connectivity index (χ3v) is 2.75. The Morgan fingerprint density at radius 3 is 2.71 bits per heavy atom. The molecule has 0 aliphatic rings. The predicted molar refractivity (Wildman–Crippen MR) is 64.5 cm³/mol. The second-order valence-corrected chi connectivity index (χ2v) is 4.19. The molecule has 0 saturated heterocycles. The molecule has 0 aliphatic heterocycles. The molecule has 21 heavy (non-hydrogen) atoms. The highest BCUT2D eigenvalue weighted by Crippen LogP contribution is 2.22. The Balaban J connectivity index is 2.05. The van der Waals surface area contributed by atoms with Crippen molar-refractivity contribution in [1.29, 1.82) is 0 Å². The van der Waals surface area contributed by atoms with Crippen LogP contribution in [0.15, 0.2) is 24.4 Å². The molecular weight excluding hydrogens is 290 g/mol. The highest BCUT2D eigenvalue weighted by Gasteiger charge is 2.14. The van der Waals surface area contributed by atoms with Crippen LogP contribution in [0.5, 0.6) is 0 Å². The van der Waals surface area contributed by atoms with Gasteiger partial charge in [-0.15, -0.1) is 5.10 Å². The normalized spacial score (nSPS) is 11.5. The molecule has 0 amide bonds. The van der Waals surface area contributed by atoms with E-state index in [1.165, 1.54) is 12.3 Å². The Kier molecular flexibility index (Phi) is 3.24. The van der Waals surface area contributed by atoms with Crippen LogP contribution in [0.3, 0.4) is 0 Å². The van der Waals surface area contributed by atoms with Crippen molar-refractivity contribution in [2.75, 3.05) is 0 Å². The van der Waals surface area contributed by atoms with Crippen molar-refractivity contribution in [1.82, 2.24) is 25.0 Å². The highest BCUT2D eigenvalue weighted by molar-refractivity contribution is 5.70. The number of alkyl halides is 2. The van der Waals surface area contributed by atoms with Gasteiger partial charge in [0.1, 0.15) is 18.2 Å². The number of nitrogens with zero attached hydrogens (tertiary/aromatic N) is 5. The summed E-state index contributed by atoms with van der Waals surface area (Å²) in [6.45, 7) is -0.657. The van der Waals surface area contributed by atoms with E-state index in [4.69, 9.17) is 0 Å². The summed E-state index contributed by atoms with van der Waals surface area (Å²) in [5, 5.41) is 7.13. The smallest absolute Gasteiger partial charge is 0.232 e. The van der Waals surface area contributed by atoms with Crippen LogP contribution in [0.2, 0.25) is 0 Å². The minimum atomic E-state index is -2.61. The van der Waals surface area contributed by atoms with E-state index in [2.05, 4.69) is 20.3 Å². The van der Waals surface area contributed by atoms with Crippen LogP contribution in [-0.2, 0) is 6.54 Å². The Hall–Kier alpha value is -2.58. The fourth-order valence-electron chi connectivity index (χ4n) is 1.84. The second-order valence-electron chi connectivity index (χ2n) is 4.19. The molecule has 2 aromatic heterocycles. The largest absolute Gasteiger partial charge is 0.258 e. The van der Waals surface area contributed by atoms with E-state index >= 15 is 0 Å². The number of hydrogen-bond donors (Lipinski definition) is 0. The molecule has 0 aliphatic carbocycles. The molecule has 2 heterocycles. The summed E-state index contributed by atoms with van der Waals surface area (Å²) in [6.07, 6.45) is -1.41. The van der Waals surface area contributed by atoms with Crippen molar-refractivity contribution in [2.45, 2.75) is 13.0 Å². The van der Waals surface area contributed by atoms with E-state index in [9.17, 15) is 17.6 Å². The summed E-state index contributed by atoms with van der Waals surface area (Å²) in [5.74, 6) is -1.52. The van der Waals surface area contributed by atoms with Gasteiger partial charge in [-0.2, -0.15) is 0 Å². The number of aromatic nitrogens is 5. The second kappa shape index (κ2) is 5.08. The van der Waals surface area contributed by atoms with Crippen molar-refractivity contribution in [3.8, 4) is 11.3 Å². The van der Waals surface area contributed by atoms with Crippen LogP contribution < -0.4 is 0 Å².